The van der Waals surface area contributed by atoms with E-state index in [1.54, 1.807) is 6.08 Å². The van der Waals surface area contributed by atoms with E-state index in [2.05, 4.69) is 13.2 Å². The molecule has 0 heterocycles. The molecule has 14 heavy (non-hydrogen) atoms. The van der Waals surface area contributed by atoms with Crippen LogP contribution in [0.15, 0.2) is 35.8 Å². The van der Waals surface area contributed by atoms with Crippen LogP contribution in [0.4, 0.5) is 0 Å². The Morgan fingerprint density at radius 3 is 1.64 bits per heavy atom. The summed E-state index contributed by atoms with van der Waals surface area (Å²) in [6.45, 7) is 13.0. The van der Waals surface area contributed by atoms with Crippen LogP contribution >= 0.6 is 0 Å². The van der Waals surface area contributed by atoms with Crippen LogP contribution in [0.25, 0.3) is 0 Å². The summed E-state index contributed by atoms with van der Waals surface area (Å²) in [6, 6.07) is 0. The van der Waals surface area contributed by atoms with Crippen molar-refractivity contribution in [3.8, 4) is 0 Å². The minimum Gasteiger partial charge on any atom is -0.224 e. The van der Waals surface area contributed by atoms with Crippen molar-refractivity contribution < 1.29 is 8.42 Å². The van der Waals surface area contributed by atoms with Gasteiger partial charge in [0.2, 0.25) is 0 Å². The smallest absolute Gasteiger partial charge is 0.175 e. The highest BCUT2D eigenvalue weighted by molar-refractivity contribution is 7.94. The van der Waals surface area contributed by atoms with Crippen LogP contribution in [-0.2, 0) is 9.84 Å². The van der Waals surface area contributed by atoms with Gasteiger partial charge in [0.1, 0.15) is 0 Å². The van der Waals surface area contributed by atoms with Crippen molar-refractivity contribution in [2.75, 3.05) is 6.26 Å². The van der Waals surface area contributed by atoms with Crippen molar-refractivity contribution in [2.45, 2.75) is 20.8 Å². The van der Waals surface area contributed by atoms with Gasteiger partial charge in [0.15, 0.2) is 9.84 Å². The zero-order chi connectivity index (χ0) is 11.6. The molecule has 0 N–H and O–H groups in total. The van der Waals surface area contributed by atoms with Crippen molar-refractivity contribution in [2.24, 2.45) is 5.41 Å². The van der Waals surface area contributed by atoms with Gasteiger partial charge in [-0.3, -0.25) is 0 Å². The molecule has 80 valence electrons. The molecule has 0 saturated heterocycles. The molecule has 0 aromatic heterocycles. The maximum absolute atomic E-state index is 11.4. The molecular weight excluding hydrogens is 196 g/mol. The van der Waals surface area contributed by atoms with Gasteiger partial charge in [-0.15, -0.1) is 0 Å². The Kier molecular flexibility index (Phi) is 3.89. The van der Waals surface area contributed by atoms with Gasteiger partial charge in [-0.2, -0.15) is 0 Å². The van der Waals surface area contributed by atoms with Crippen LogP contribution in [0.5, 0.6) is 0 Å². The lowest BCUT2D eigenvalue weighted by Gasteiger charge is -2.22. The first-order valence-electron chi connectivity index (χ1n) is 4.34. The molecule has 0 radical (unpaired) electrons. The van der Waals surface area contributed by atoms with Crippen LogP contribution < -0.4 is 0 Å². The fourth-order valence-corrected chi connectivity index (χ4v) is 2.33. The van der Waals surface area contributed by atoms with Gasteiger partial charge >= 0.3 is 0 Å². The molecular formula is C11H18O2S. The summed E-state index contributed by atoms with van der Waals surface area (Å²) in [6.07, 6.45) is 4.13. The van der Waals surface area contributed by atoms with E-state index in [1.165, 1.54) is 12.3 Å². The van der Waals surface area contributed by atoms with Crippen molar-refractivity contribution in [3.63, 3.8) is 0 Å². The monoisotopic (exact) mass is 214 g/mol. The average molecular weight is 214 g/mol. The molecule has 0 aliphatic heterocycles. The molecule has 0 aliphatic rings. The molecule has 0 spiro atoms. The van der Waals surface area contributed by atoms with Crippen LogP contribution in [0.1, 0.15) is 20.8 Å². The number of hydrogen-bond donors (Lipinski definition) is 0. The molecule has 0 amide bonds. The second-order valence-electron chi connectivity index (χ2n) is 4.21. The van der Waals surface area contributed by atoms with Crippen LogP contribution in [0.2, 0.25) is 0 Å². The maximum Gasteiger partial charge on any atom is 0.175 e. The summed E-state index contributed by atoms with van der Waals surface area (Å²) in [5.74, 6) is 0. The standard InChI is InChI=1S/C11H18O2S/c1-7-9(11(3,4)5)10(8-2)14(6,12)13/h7-8H,1-2H2,3-6H3/b10-9-. The molecule has 0 bridgehead atoms. The highest BCUT2D eigenvalue weighted by Gasteiger charge is 2.22. The topological polar surface area (TPSA) is 34.1 Å². The third-order valence-electron chi connectivity index (χ3n) is 1.86. The Morgan fingerprint density at radius 1 is 1.14 bits per heavy atom. The SMILES string of the molecule is C=C/C(=C(\C=C)S(C)(=O)=O)C(C)(C)C. The Hall–Kier alpha value is -0.830. The summed E-state index contributed by atoms with van der Waals surface area (Å²) in [5.41, 5.74) is 0.462. The van der Waals surface area contributed by atoms with Crippen LogP contribution in [0.3, 0.4) is 0 Å². The van der Waals surface area contributed by atoms with Gasteiger partial charge in [0.25, 0.3) is 0 Å². The van der Waals surface area contributed by atoms with E-state index in [9.17, 15) is 8.42 Å². The zero-order valence-electron chi connectivity index (χ0n) is 9.29. The second kappa shape index (κ2) is 4.13. The summed E-state index contributed by atoms with van der Waals surface area (Å²) in [7, 11) is -3.22. The predicted molar refractivity (Wildman–Crippen MR) is 61.7 cm³/mol. The van der Waals surface area contributed by atoms with E-state index >= 15 is 0 Å². The van der Waals surface area contributed by atoms with E-state index in [1.807, 2.05) is 20.8 Å². The summed E-state index contributed by atoms with van der Waals surface area (Å²) in [4.78, 5) is 0.264. The summed E-state index contributed by atoms with van der Waals surface area (Å²) >= 11 is 0. The van der Waals surface area contributed by atoms with Crippen molar-refractivity contribution in [1.29, 1.82) is 0 Å². The van der Waals surface area contributed by atoms with Crippen LogP contribution in [-0.4, -0.2) is 14.7 Å². The lowest BCUT2D eigenvalue weighted by molar-refractivity contribution is 0.514. The third-order valence-corrected chi connectivity index (χ3v) is 3.05. The predicted octanol–water partition coefficient (Wildman–Crippen LogP) is 2.70. The quantitative estimate of drug-likeness (QED) is 0.677. The Morgan fingerprint density at radius 2 is 1.57 bits per heavy atom. The number of hydrogen-bond acceptors (Lipinski definition) is 2. The third kappa shape index (κ3) is 3.14. The molecule has 0 aromatic rings. The molecule has 2 nitrogen and oxygen atoms in total. The first-order chi connectivity index (χ1) is 6.14. The van der Waals surface area contributed by atoms with Gasteiger partial charge in [0, 0.05) is 6.26 Å². The highest BCUT2D eigenvalue weighted by atomic mass is 32.2. The molecule has 0 rings (SSSR count). The first kappa shape index (κ1) is 13.2. The van der Waals surface area contributed by atoms with Gasteiger partial charge in [-0.05, 0) is 11.0 Å². The van der Waals surface area contributed by atoms with Gasteiger partial charge < -0.3 is 0 Å². The van der Waals surface area contributed by atoms with E-state index in [-0.39, 0.29) is 10.3 Å². The lowest BCUT2D eigenvalue weighted by Crippen LogP contribution is -2.13. The zero-order valence-corrected chi connectivity index (χ0v) is 10.1. The van der Waals surface area contributed by atoms with Gasteiger partial charge in [0.05, 0.1) is 4.91 Å². The van der Waals surface area contributed by atoms with Crippen molar-refractivity contribution >= 4 is 9.84 Å². The largest absolute Gasteiger partial charge is 0.224 e. The van der Waals surface area contributed by atoms with E-state index in [4.69, 9.17) is 0 Å². The lowest BCUT2D eigenvalue weighted by atomic mass is 9.86. The van der Waals surface area contributed by atoms with Crippen molar-refractivity contribution in [1.82, 2.24) is 0 Å². The van der Waals surface area contributed by atoms with E-state index < -0.39 is 9.84 Å². The Balaban J connectivity index is 5.86. The molecule has 0 unspecified atom stereocenters. The minimum absolute atomic E-state index is 0.242. The Labute approximate surface area is 86.9 Å². The molecule has 0 fully saturated rings. The fourth-order valence-electron chi connectivity index (χ4n) is 1.24. The minimum atomic E-state index is -3.22. The van der Waals surface area contributed by atoms with Gasteiger partial charge in [-0.25, -0.2) is 8.42 Å². The normalized spacial score (nSPS) is 14.6. The first-order valence-corrected chi connectivity index (χ1v) is 6.23. The van der Waals surface area contributed by atoms with E-state index in [0.29, 0.717) is 5.57 Å². The number of rotatable bonds is 3. The molecule has 0 saturated carbocycles. The number of sulfone groups is 1. The maximum atomic E-state index is 11.4. The van der Waals surface area contributed by atoms with E-state index in [0.717, 1.165) is 0 Å². The Bertz CT molecular complexity index is 365. The molecule has 3 heteroatoms. The van der Waals surface area contributed by atoms with Crippen LogP contribution in [0, 0.1) is 5.41 Å². The summed E-state index contributed by atoms with van der Waals surface area (Å²) in [5, 5.41) is 0. The number of allylic oxidation sites excluding steroid dienone is 3. The molecule has 0 aromatic carbocycles. The summed E-state index contributed by atoms with van der Waals surface area (Å²) < 4.78 is 22.9. The van der Waals surface area contributed by atoms with Crippen molar-refractivity contribution in [3.05, 3.63) is 35.8 Å². The second-order valence-corrected chi connectivity index (χ2v) is 6.19. The molecule has 0 atom stereocenters. The molecule has 0 aliphatic carbocycles. The highest BCUT2D eigenvalue weighted by Crippen LogP contribution is 2.31. The fraction of sp³-hybridized carbons (Fsp3) is 0.455. The van der Waals surface area contributed by atoms with Gasteiger partial charge in [-0.1, -0.05) is 46.1 Å². The average Bonchev–Trinajstić information content (AvgIpc) is 1.94.